The first kappa shape index (κ1) is 22.5. The molecule has 2 aromatic rings. The minimum atomic E-state index is -0.612. The number of hydrogen-bond acceptors (Lipinski definition) is 5. The van der Waals surface area contributed by atoms with E-state index in [0.717, 1.165) is 38.0 Å². The molecular weight excluding hydrogens is 394 g/mol. The van der Waals surface area contributed by atoms with Crippen molar-refractivity contribution >= 4 is 23.8 Å². The fourth-order valence-corrected chi connectivity index (χ4v) is 3.60. The lowest BCUT2D eigenvalue weighted by Gasteiger charge is -2.21. The number of rotatable bonds is 8. The minimum Gasteiger partial charge on any atom is -0.445 e. The Labute approximate surface area is 182 Å². The van der Waals surface area contributed by atoms with Gasteiger partial charge in [0.05, 0.1) is 0 Å². The molecule has 2 amide bonds. The summed E-state index contributed by atoms with van der Waals surface area (Å²) in [7, 11) is 0. The van der Waals surface area contributed by atoms with E-state index in [1.165, 1.54) is 28.8 Å². The lowest BCUT2D eigenvalue weighted by molar-refractivity contribution is 0.0706. The van der Waals surface area contributed by atoms with Crippen molar-refractivity contribution in [2.45, 2.75) is 33.2 Å². The van der Waals surface area contributed by atoms with Gasteiger partial charge in [-0.3, -0.25) is 20.2 Å². The topological polar surface area (TPSA) is 90.9 Å². The number of carbonyl (C=O) groups excluding carboxylic acids is 2. The highest BCUT2D eigenvalue weighted by Crippen LogP contribution is 2.25. The van der Waals surface area contributed by atoms with Crippen LogP contribution in [0.4, 0.5) is 10.5 Å². The van der Waals surface area contributed by atoms with Crippen molar-refractivity contribution in [2.75, 3.05) is 25.0 Å². The smallest absolute Gasteiger partial charge is 0.411 e. The summed E-state index contributed by atoms with van der Waals surface area (Å²) in [5, 5.41) is 11.3. The summed E-state index contributed by atoms with van der Waals surface area (Å²) in [5.74, 6) is -0.612. The van der Waals surface area contributed by atoms with Crippen LogP contribution in [0, 0.1) is 0 Å². The number of anilines is 1. The van der Waals surface area contributed by atoms with Gasteiger partial charge < -0.3 is 4.74 Å². The number of aryl methyl sites for hydroxylation is 1. The summed E-state index contributed by atoms with van der Waals surface area (Å²) in [6.07, 6.45) is 3.35. The second-order valence-corrected chi connectivity index (χ2v) is 7.52. The number of fused-ring (bicyclic) bond motifs is 1. The van der Waals surface area contributed by atoms with Crippen LogP contribution in [0.5, 0.6) is 0 Å². The summed E-state index contributed by atoms with van der Waals surface area (Å²) < 4.78 is 5.36. The zero-order chi connectivity index (χ0) is 22.2. The molecule has 0 saturated carbocycles. The highest BCUT2D eigenvalue weighted by molar-refractivity contribution is 5.94. The van der Waals surface area contributed by atoms with Crippen LogP contribution in [-0.2, 0) is 17.7 Å². The van der Waals surface area contributed by atoms with Gasteiger partial charge in [0.1, 0.15) is 6.61 Å². The van der Waals surface area contributed by atoms with E-state index < -0.39 is 12.0 Å². The number of carbonyl (C=O) groups is 2. The number of amides is 2. The zero-order valence-corrected chi connectivity index (χ0v) is 18.0. The number of hydrogen-bond donors (Lipinski definition) is 3. The number of nitrogens with one attached hydrogen (secondary N) is 2. The molecule has 0 aromatic heterocycles. The van der Waals surface area contributed by atoms with Crippen LogP contribution in [-0.4, -0.2) is 41.8 Å². The van der Waals surface area contributed by atoms with Crippen LogP contribution >= 0.6 is 0 Å². The SMILES string of the molecule is CCN(CC)Cc1ccc2c(c1)CCC(COC(=O)Nc1ccc(C(=O)NO)cc1)=C2. The lowest BCUT2D eigenvalue weighted by atomic mass is 9.91. The first-order valence-electron chi connectivity index (χ1n) is 10.5. The van der Waals surface area contributed by atoms with Gasteiger partial charge >= 0.3 is 6.09 Å². The highest BCUT2D eigenvalue weighted by Gasteiger charge is 2.14. The molecule has 0 atom stereocenters. The highest BCUT2D eigenvalue weighted by atomic mass is 16.5. The Kier molecular flexibility index (Phi) is 7.81. The van der Waals surface area contributed by atoms with Gasteiger partial charge in [0, 0.05) is 17.8 Å². The second-order valence-electron chi connectivity index (χ2n) is 7.52. The molecule has 3 rings (SSSR count). The first-order chi connectivity index (χ1) is 15.0. The predicted molar refractivity (Wildman–Crippen MR) is 120 cm³/mol. The van der Waals surface area contributed by atoms with E-state index in [9.17, 15) is 9.59 Å². The number of benzene rings is 2. The molecular formula is C24H29N3O4. The molecule has 0 fully saturated rings. The van der Waals surface area contributed by atoms with Crippen LogP contribution in [0.25, 0.3) is 6.08 Å². The molecule has 0 bridgehead atoms. The van der Waals surface area contributed by atoms with Crippen molar-refractivity contribution < 1.29 is 19.5 Å². The van der Waals surface area contributed by atoms with Gasteiger partial charge in [0.25, 0.3) is 5.91 Å². The fraction of sp³-hybridized carbons (Fsp3) is 0.333. The fourth-order valence-electron chi connectivity index (χ4n) is 3.60. The standard InChI is InChI=1S/C24H29N3O4/c1-3-27(4-2)15-17-5-7-21-14-18(6-8-20(21)13-17)16-31-24(29)25-22-11-9-19(10-12-22)23(28)26-30/h5,7,9-14,30H,3-4,6,8,15-16H2,1-2H3,(H,25,29)(H,26,28). The third-order valence-corrected chi connectivity index (χ3v) is 5.47. The number of hydroxylamine groups is 1. The Morgan fingerprint density at radius 3 is 2.48 bits per heavy atom. The summed E-state index contributed by atoms with van der Waals surface area (Å²) in [4.78, 5) is 25.8. The Morgan fingerprint density at radius 1 is 1.06 bits per heavy atom. The van der Waals surface area contributed by atoms with Gasteiger partial charge in [-0.05, 0) is 72.5 Å². The third kappa shape index (κ3) is 6.16. The summed E-state index contributed by atoms with van der Waals surface area (Å²) in [6.45, 7) is 7.64. The minimum absolute atomic E-state index is 0.234. The number of ether oxygens (including phenoxy) is 1. The van der Waals surface area contributed by atoms with Gasteiger partial charge in [0.2, 0.25) is 0 Å². The average Bonchev–Trinajstić information content (AvgIpc) is 2.81. The van der Waals surface area contributed by atoms with Gasteiger partial charge in [-0.2, -0.15) is 0 Å². The summed E-state index contributed by atoms with van der Waals surface area (Å²) in [6, 6.07) is 12.7. The maximum atomic E-state index is 12.1. The van der Waals surface area contributed by atoms with E-state index in [2.05, 4.69) is 48.3 Å². The van der Waals surface area contributed by atoms with Crippen LogP contribution in [0.2, 0.25) is 0 Å². The molecule has 0 radical (unpaired) electrons. The molecule has 2 aromatic carbocycles. The van der Waals surface area contributed by atoms with Crippen molar-refractivity contribution in [1.29, 1.82) is 0 Å². The van der Waals surface area contributed by atoms with Crippen LogP contribution in [0.1, 0.15) is 47.3 Å². The monoisotopic (exact) mass is 423 g/mol. The van der Waals surface area contributed by atoms with Gasteiger partial charge in [-0.25, -0.2) is 10.3 Å². The summed E-state index contributed by atoms with van der Waals surface area (Å²) in [5.41, 5.74) is 7.28. The molecule has 0 heterocycles. The van der Waals surface area contributed by atoms with Crippen LogP contribution in [0.3, 0.4) is 0 Å². The van der Waals surface area contributed by atoms with E-state index in [1.54, 1.807) is 17.6 Å². The largest absolute Gasteiger partial charge is 0.445 e. The average molecular weight is 424 g/mol. The Bertz CT molecular complexity index is 950. The van der Waals surface area contributed by atoms with Gasteiger partial charge in [-0.1, -0.05) is 38.1 Å². The van der Waals surface area contributed by atoms with Crippen molar-refractivity contribution in [2.24, 2.45) is 0 Å². The summed E-state index contributed by atoms with van der Waals surface area (Å²) >= 11 is 0. The molecule has 0 aliphatic heterocycles. The van der Waals surface area contributed by atoms with Crippen molar-refractivity contribution in [3.05, 3.63) is 70.3 Å². The third-order valence-electron chi connectivity index (χ3n) is 5.47. The molecule has 7 heteroatoms. The van der Waals surface area contributed by atoms with Crippen molar-refractivity contribution in [3.8, 4) is 0 Å². The lowest BCUT2D eigenvalue weighted by Crippen LogP contribution is -2.22. The van der Waals surface area contributed by atoms with Gasteiger partial charge in [0.15, 0.2) is 0 Å². The maximum absolute atomic E-state index is 12.1. The van der Waals surface area contributed by atoms with Crippen LogP contribution < -0.4 is 10.8 Å². The van der Waals surface area contributed by atoms with E-state index in [-0.39, 0.29) is 12.2 Å². The molecule has 0 spiro atoms. The van der Waals surface area contributed by atoms with E-state index in [4.69, 9.17) is 9.94 Å². The van der Waals surface area contributed by atoms with Crippen molar-refractivity contribution in [3.63, 3.8) is 0 Å². The molecule has 3 N–H and O–H groups in total. The normalized spacial score (nSPS) is 12.7. The van der Waals surface area contributed by atoms with E-state index in [0.29, 0.717) is 5.69 Å². The maximum Gasteiger partial charge on any atom is 0.411 e. The second kappa shape index (κ2) is 10.7. The number of nitrogens with zero attached hydrogens (tertiary/aromatic N) is 1. The first-order valence-corrected chi connectivity index (χ1v) is 10.5. The quantitative estimate of drug-likeness (QED) is 0.437. The predicted octanol–water partition coefficient (Wildman–Crippen LogP) is 4.23. The zero-order valence-electron chi connectivity index (χ0n) is 18.0. The molecule has 31 heavy (non-hydrogen) atoms. The molecule has 7 nitrogen and oxygen atoms in total. The van der Waals surface area contributed by atoms with Crippen molar-refractivity contribution in [1.82, 2.24) is 10.4 Å². The molecule has 0 saturated heterocycles. The molecule has 0 unspecified atom stereocenters. The Morgan fingerprint density at radius 2 is 1.81 bits per heavy atom. The molecule has 164 valence electrons. The Balaban J connectivity index is 1.53. The van der Waals surface area contributed by atoms with E-state index in [1.807, 2.05) is 0 Å². The van der Waals surface area contributed by atoms with E-state index >= 15 is 0 Å². The van der Waals surface area contributed by atoms with Gasteiger partial charge in [-0.15, -0.1) is 0 Å². The van der Waals surface area contributed by atoms with Crippen LogP contribution in [0.15, 0.2) is 48.0 Å². The molecule has 1 aliphatic rings. The molecule has 1 aliphatic carbocycles. The Hall–Kier alpha value is -3.16.